The van der Waals surface area contributed by atoms with Crippen molar-refractivity contribution in [1.82, 2.24) is 0 Å². The summed E-state index contributed by atoms with van der Waals surface area (Å²) in [6.45, 7) is 3.03. The number of nitriles is 1. The highest BCUT2D eigenvalue weighted by Gasteiger charge is 2.05. The molecule has 1 aromatic heterocycles. The van der Waals surface area contributed by atoms with Crippen LogP contribution in [0.15, 0.2) is 52.9 Å². The standard InChI is InChI=1S/C24H27NO2/c1-2-3-4-5-6-7-8-15-26-22-12-9-19(10-13-22)20-11-14-24-21(16-20)17-23(18-25)27-24/h9-14,16-17H,2-8,15H2,1H3. The maximum atomic E-state index is 8.95. The normalized spacial score (nSPS) is 10.8. The van der Waals surface area contributed by atoms with E-state index in [4.69, 9.17) is 14.4 Å². The molecule has 0 bridgehead atoms. The van der Waals surface area contributed by atoms with Crippen molar-refractivity contribution in [3.63, 3.8) is 0 Å². The van der Waals surface area contributed by atoms with Crippen molar-refractivity contribution >= 4 is 11.0 Å². The van der Waals surface area contributed by atoms with E-state index >= 15 is 0 Å². The van der Waals surface area contributed by atoms with Crippen LogP contribution in [0.25, 0.3) is 22.1 Å². The van der Waals surface area contributed by atoms with Gasteiger partial charge in [0, 0.05) is 11.5 Å². The second kappa shape index (κ2) is 9.83. The van der Waals surface area contributed by atoms with Crippen molar-refractivity contribution in [1.29, 1.82) is 5.26 Å². The molecular formula is C24H27NO2. The summed E-state index contributed by atoms with van der Waals surface area (Å²) >= 11 is 0. The van der Waals surface area contributed by atoms with Gasteiger partial charge in [-0.25, -0.2) is 0 Å². The molecule has 0 radical (unpaired) electrons. The molecule has 140 valence electrons. The van der Waals surface area contributed by atoms with Crippen molar-refractivity contribution in [3.8, 4) is 22.9 Å². The number of rotatable bonds is 10. The Labute approximate surface area is 161 Å². The van der Waals surface area contributed by atoms with Crippen LogP contribution in [-0.4, -0.2) is 6.61 Å². The highest BCUT2D eigenvalue weighted by atomic mass is 16.5. The van der Waals surface area contributed by atoms with Crippen LogP contribution in [0.5, 0.6) is 5.75 Å². The summed E-state index contributed by atoms with van der Waals surface area (Å²) in [7, 11) is 0. The lowest BCUT2D eigenvalue weighted by molar-refractivity contribution is 0.304. The Bertz CT molecular complexity index is 887. The van der Waals surface area contributed by atoms with Gasteiger partial charge in [-0.1, -0.05) is 63.6 Å². The minimum atomic E-state index is 0.344. The lowest BCUT2D eigenvalue weighted by Crippen LogP contribution is -1.97. The van der Waals surface area contributed by atoms with E-state index in [1.54, 1.807) is 6.07 Å². The van der Waals surface area contributed by atoms with Crippen molar-refractivity contribution in [2.24, 2.45) is 0 Å². The predicted molar refractivity (Wildman–Crippen MR) is 110 cm³/mol. The summed E-state index contributed by atoms with van der Waals surface area (Å²) < 4.78 is 11.3. The molecule has 3 aromatic rings. The zero-order chi connectivity index (χ0) is 18.9. The van der Waals surface area contributed by atoms with Gasteiger partial charge in [0.2, 0.25) is 5.76 Å². The quantitative estimate of drug-likeness (QED) is 0.362. The first-order valence-corrected chi connectivity index (χ1v) is 9.97. The molecule has 0 unspecified atom stereocenters. The molecule has 0 atom stereocenters. The highest BCUT2D eigenvalue weighted by molar-refractivity contribution is 5.84. The molecule has 2 aromatic carbocycles. The Morgan fingerprint density at radius 3 is 2.30 bits per heavy atom. The number of benzene rings is 2. The third kappa shape index (κ3) is 5.37. The summed E-state index contributed by atoms with van der Waals surface area (Å²) in [6, 6.07) is 18.0. The fraction of sp³-hybridized carbons (Fsp3) is 0.375. The van der Waals surface area contributed by atoms with Gasteiger partial charge < -0.3 is 9.15 Å². The Morgan fingerprint density at radius 2 is 1.56 bits per heavy atom. The zero-order valence-corrected chi connectivity index (χ0v) is 16.0. The van der Waals surface area contributed by atoms with E-state index in [2.05, 4.69) is 19.1 Å². The lowest BCUT2D eigenvalue weighted by Gasteiger charge is -2.08. The van der Waals surface area contributed by atoms with Gasteiger partial charge in [-0.05, 0) is 41.8 Å². The SMILES string of the molecule is CCCCCCCCCOc1ccc(-c2ccc3oc(C#N)cc3c2)cc1. The Balaban J connectivity index is 1.49. The second-order valence-electron chi connectivity index (χ2n) is 6.97. The van der Waals surface area contributed by atoms with E-state index in [0.717, 1.165) is 40.9 Å². The largest absolute Gasteiger partial charge is 0.494 e. The average molecular weight is 361 g/mol. The first-order valence-electron chi connectivity index (χ1n) is 9.97. The Kier molecular flexibility index (Phi) is 6.93. The van der Waals surface area contributed by atoms with Crippen molar-refractivity contribution < 1.29 is 9.15 Å². The molecule has 3 heteroatoms. The second-order valence-corrected chi connectivity index (χ2v) is 6.97. The molecule has 0 amide bonds. The summed E-state index contributed by atoms with van der Waals surface area (Å²) in [5.41, 5.74) is 2.97. The third-order valence-electron chi connectivity index (χ3n) is 4.83. The van der Waals surface area contributed by atoms with Gasteiger partial charge in [-0.15, -0.1) is 0 Å². The molecule has 0 aliphatic rings. The number of fused-ring (bicyclic) bond motifs is 1. The van der Waals surface area contributed by atoms with Gasteiger partial charge in [0.25, 0.3) is 0 Å². The first-order chi connectivity index (χ1) is 13.3. The molecular weight excluding hydrogens is 334 g/mol. The van der Waals surface area contributed by atoms with Gasteiger partial charge in [0.05, 0.1) is 6.61 Å². The highest BCUT2D eigenvalue weighted by Crippen LogP contribution is 2.28. The van der Waals surface area contributed by atoms with Gasteiger partial charge in [-0.3, -0.25) is 0 Å². The minimum Gasteiger partial charge on any atom is -0.494 e. The van der Waals surface area contributed by atoms with E-state index in [-0.39, 0.29) is 0 Å². The van der Waals surface area contributed by atoms with E-state index in [9.17, 15) is 0 Å². The molecule has 0 aliphatic carbocycles. The first kappa shape index (κ1) is 19.0. The summed E-state index contributed by atoms with van der Waals surface area (Å²) in [4.78, 5) is 0. The van der Waals surface area contributed by atoms with Crippen LogP contribution < -0.4 is 4.74 Å². The number of nitrogens with zero attached hydrogens (tertiary/aromatic N) is 1. The van der Waals surface area contributed by atoms with Crippen LogP contribution in [0.4, 0.5) is 0 Å². The molecule has 0 N–H and O–H groups in total. The van der Waals surface area contributed by atoms with E-state index in [1.807, 2.05) is 36.4 Å². The molecule has 1 heterocycles. The number of ether oxygens (including phenoxy) is 1. The predicted octanol–water partition coefficient (Wildman–Crippen LogP) is 7.10. The monoisotopic (exact) mass is 361 g/mol. The zero-order valence-electron chi connectivity index (χ0n) is 16.0. The Hall–Kier alpha value is -2.73. The van der Waals surface area contributed by atoms with E-state index < -0.39 is 0 Å². The molecule has 0 saturated heterocycles. The summed E-state index contributed by atoms with van der Waals surface area (Å²) in [5.74, 6) is 1.26. The molecule has 3 rings (SSSR count). The van der Waals surface area contributed by atoms with E-state index in [0.29, 0.717) is 5.76 Å². The molecule has 0 fully saturated rings. The van der Waals surface area contributed by atoms with Crippen LogP contribution in [-0.2, 0) is 0 Å². The van der Waals surface area contributed by atoms with Crippen molar-refractivity contribution in [2.45, 2.75) is 51.9 Å². The van der Waals surface area contributed by atoms with Crippen LogP contribution in [0.1, 0.15) is 57.6 Å². The van der Waals surface area contributed by atoms with Crippen LogP contribution >= 0.6 is 0 Å². The smallest absolute Gasteiger partial charge is 0.204 e. The maximum absolute atomic E-state index is 8.95. The number of hydrogen-bond donors (Lipinski definition) is 0. The number of furan rings is 1. The fourth-order valence-electron chi connectivity index (χ4n) is 3.27. The van der Waals surface area contributed by atoms with Gasteiger partial charge in [-0.2, -0.15) is 5.26 Å². The van der Waals surface area contributed by atoms with Crippen LogP contribution in [0, 0.1) is 11.3 Å². The van der Waals surface area contributed by atoms with E-state index in [1.165, 1.54) is 38.5 Å². The molecule has 27 heavy (non-hydrogen) atoms. The third-order valence-corrected chi connectivity index (χ3v) is 4.83. The minimum absolute atomic E-state index is 0.344. The van der Waals surface area contributed by atoms with Crippen molar-refractivity contribution in [3.05, 3.63) is 54.3 Å². The molecule has 0 aliphatic heterocycles. The van der Waals surface area contributed by atoms with Crippen molar-refractivity contribution in [2.75, 3.05) is 6.61 Å². The van der Waals surface area contributed by atoms with Crippen LogP contribution in [0.3, 0.4) is 0 Å². The van der Waals surface area contributed by atoms with Crippen LogP contribution in [0.2, 0.25) is 0 Å². The average Bonchev–Trinajstić information content (AvgIpc) is 3.13. The fourth-order valence-corrected chi connectivity index (χ4v) is 3.27. The molecule has 0 saturated carbocycles. The lowest BCUT2D eigenvalue weighted by atomic mass is 10.0. The number of hydrogen-bond acceptors (Lipinski definition) is 3. The molecule has 3 nitrogen and oxygen atoms in total. The molecule has 0 spiro atoms. The number of unbranched alkanes of at least 4 members (excludes halogenated alkanes) is 6. The Morgan fingerprint density at radius 1 is 0.852 bits per heavy atom. The summed E-state index contributed by atoms with van der Waals surface area (Å²) in [5, 5.41) is 9.90. The van der Waals surface area contributed by atoms with Gasteiger partial charge in [0.1, 0.15) is 17.4 Å². The topological polar surface area (TPSA) is 46.2 Å². The maximum Gasteiger partial charge on any atom is 0.204 e. The van der Waals surface area contributed by atoms with Gasteiger partial charge in [0.15, 0.2) is 0 Å². The van der Waals surface area contributed by atoms with Gasteiger partial charge >= 0.3 is 0 Å². The summed E-state index contributed by atoms with van der Waals surface area (Å²) in [6.07, 6.45) is 9.04.